The van der Waals surface area contributed by atoms with Crippen molar-refractivity contribution in [3.63, 3.8) is 0 Å². The van der Waals surface area contributed by atoms with Crippen LogP contribution < -0.4 is 21.3 Å². The van der Waals surface area contributed by atoms with Gasteiger partial charge in [-0.05, 0) is 26.7 Å². The number of carbonyl (C=O) groups is 15. The molecule has 3 rings (SSSR count). The predicted octanol–water partition coefficient (Wildman–Crippen LogP) is -1.43. The number of nitrogens with zero attached hydrogens (tertiary/aromatic N) is 2. The first kappa shape index (κ1) is 86.4. The Labute approximate surface area is 580 Å². The van der Waals surface area contributed by atoms with Crippen molar-refractivity contribution in [1.82, 2.24) is 31.1 Å². The lowest BCUT2D eigenvalue weighted by molar-refractivity contribution is -0.287. The van der Waals surface area contributed by atoms with Crippen molar-refractivity contribution in [1.29, 1.82) is 0 Å². The zero-order chi connectivity index (χ0) is 74.9. The third-order valence-corrected chi connectivity index (χ3v) is 15.4. The Morgan fingerprint density at radius 3 is 1.02 bits per heavy atom. The molecule has 566 valence electrons. The third kappa shape index (κ3) is 32.6. The van der Waals surface area contributed by atoms with Gasteiger partial charge in [-0.3, -0.25) is 81.7 Å². The fourth-order valence-corrected chi connectivity index (χ4v) is 10.7. The van der Waals surface area contributed by atoms with E-state index in [1.54, 1.807) is 30.6 Å². The summed E-state index contributed by atoms with van der Waals surface area (Å²) in [7, 11) is 0. The van der Waals surface area contributed by atoms with E-state index >= 15 is 0 Å². The van der Waals surface area contributed by atoms with Crippen LogP contribution >= 0.6 is 0 Å². The van der Waals surface area contributed by atoms with Crippen LogP contribution in [0.25, 0.3) is 0 Å². The lowest BCUT2D eigenvalue weighted by Crippen LogP contribution is -2.58. The zero-order valence-corrected chi connectivity index (χ0v) is 59.3. The average molecular weight is 1430 g/mol. The van der Waals surface area contributed by atoms with E-state index in [0.717, 1.165) is 55.4 Å². The van der Waals surface area contributed by atoms with Gasteiger partial charge in [0.05, 0.1) is 19.6 Å². The maximum absolute atomic E-state index is 13.6. The van der Waals surface area contributed by atoms with Crippen LogP contribution in [-0.4, -0.2) is 277 Å². The van der Waals surface area contributed by atoms with Crippen molar-refractivity contribution in [3.05, 3.63) is 0 Å². The van der Waals surface area contributed by atoms with Crippen LogP contribution in [0.1, 0.15) is 123 Å². The summed E-state index contributed by atoms with van der Waals surface area (Å²) in [5.74, 6) is -11.5. The lowest BCUT2D eigenvalue weighted by Gasteiger charge is -2.43. The first-order valence-corrected chi connectivity index (χ1v) is 32.9. The smallest absolute Gasteiger partial charge is 0.303 e. The second-order valence-electron chi connectivity index (χ2n) is 24.5. The van der Waals surface area contributed by atoms with Crippen molar-refractivity contribution in [2.24, 2.45) is 17.8 Å². The summed E-state index contributed by atoms with van der Waals surface area (Å²) in [5.41, 5.74) is 0. The van der Waals surface area contributed by atoms with Crippen LogP contribution in [-0.2, 0) is 143 Å². The summed E-state index contributed by atoms with van der Waals surface area (Å²) >= 11 is 0. The quantitative estimate of drug-likeness (QED) is 0.0309. The lowest BCUT2D eigenvalue weighted by atomic mass is 9.92. The maximum Gasteiger partial charge on any atom is 0.303 e. The summed E-state index contributed by atoms with van der Waals surface area (Å²) in [5, 5.41) is 10.8. The molecule has 3 fully saturated rings. The number of amides is 4. The van der Waals surface area contributed by atoms with E-state index in [2.05, 4.69) is 21.3 Å². The second-order valence-corrected chi connectivity index (χ2v) is 24.5. The van der Waals surface area contributed by atoms with Crippen molar-refractivity contribution in [2.75, 3.05) is 98.5 Å². The number of esters is 9. The van der Waals surface area contributed by atoms with Gasteiger partial charge in [-0.1, -0.05) is 20.8 Å². The number of hydrogen-bond donors (Lipinski definition) is 4. The fraction of sp³-hybridized carbons (Fsp3) is 0.766. The number of carbonyl (C=O) groups excluding carboxylic acids is 15. The van der Waals surface area contributed by atoms with E-state index in [1.807, 2.05) is 13.8 Å². The van der Waals surface area contributed by atoms with Gasteiger partial charge in [0.25, 0.3) is 0 Å². The SMILES string of the molecule is CC(=O)OCC1OC(OCC(=O)CCCNC(=O)CN(CCN(CC(=O)CCCNC(=O)COC2OC(COC(C)=O)C(OC(C)=O)C(OC(C)=O)C2C)CC(=O)NCCNC(=O)COC2OC(COC(C)=O)C(OC(C)=O)C(OC(C)=O)C2C)C(C)C)C(C)C(OC(C)=O)C1OC(C)=O. The van der Waals surface area contributed by atoms with Gasteiger partial charge < -0.3 is 92.3 Å². The summed E-state index contributed by atoms with van der Waals surface area (Å²) < 4.78 is 83.1. The molecule has 0 aromatic heterocycles. The van der Waals surface area contributed by atoms with Crippen molar-refractivity contribution in [2.45, 2.75) is 202 Å². The Bertz CT molecular complexity index is 2670. The first-order chi connectivity index (χ1) is 47.0. The molecule has 0 bridgehead atoms. The summed E-state index contributed by atoms with van der Waals surface area (Å²) in [4.78, 5) is 190. The molecule has 36 nitrogen and oxygen atoms in total. The Hall–Kier alpha value is -7.87. The van der Waals surface area contributed by atoms with E-state index in [4.69, 9.17) is 71.1 Å². The van der Waals surface area contributed by atoms with Crippen molar-refractivity contribution in [3.8, 4) is 0 Å². The molecule has 3 aliphatic heterocycles. The topological polar surface area (TPSA) is 449 Å². The van der Waals surface area contributed by atoms with Gasteiger partial charge in [-0.25, -0.2) is 0 Å². The van der Waals surface area contributed by atoms with Crippen molar-refractivity contribution < 1.29 is 143 Å². The summed E-state index contributed by atoms with van der Waals surface area (Å²) in [6.07, 6.45) is -13.5. The van der Waals surface area contributed by atoms with E-state index in [1.165, 1.54) is 6.92 Å². The first-order valence-electron chi connectivity index (χ1n) is 32.9. The van der Waals surface area contributed by atoms with Gasteiger partial charge in [-0.15, -0.1) is 0 Å². The number of nitrogens with one attached hydrogen (secondary N) is 4. The molecule has 4 N–H and O–H groups in total. The minimum absolute atomic E-state index is 0.00797. The molecule has 0 aliphatic carbocycles. The van der Waals surface area contributed by atoms with Gasteiger partial charge in [0.2, 0.25) is 23.6 Å². The molecule has 15 atom stereocenters. The van der Waals surface area contributed by atoms with Crippen molar-refractivity contribution >= 4 is 88.9 Å². The maximum atomic E-state index is 13.6. The van der Waals surface area contributed by atoms with E-state index < -0.39 is 202 Å². The van der Waals surface area contributed by atoms with Gasteiger partial charge >= 0.3 is 53.7 Å². The van der Waals surface area contributed by atoms with Crippen LogP contribution in [0, 0.1) is 17.8 Å². The van der Waals surface area contributed by atoms with Gasteiger partial charge in [0, 0.05) is 138 Å². The highest BCUT2D eigenvalue weighted by Gasteiger charge is 2.52. The molecule has 0 spiro atoms. The van der Waals surface area contributed by atoms with Gasteiger partial charge in [0.15, 0.2) is 43.0 Å². The number of ketones is 2. The van der Waals surface area contributed by atoms with E-state index in [9.17, 15) is 71.9 Å². The number of hydrogen-bond acceptors (Lipinski definition) is 32. The minimum atomic E-state index is -1.21. The largest absolute Gasteiger partial charge is 0.463 e. The molecular formula is C64H100N6O30. The van der Waals surface area contributed by atoms with Gasteiger partial charge in [-0.2, -0.15) is 0 Å². The molecule has 0 radical (unpaired) electrons. The molecule has 0 aromatic rings. The second kappa shape index (κ2) is 44.4. The monoisotopic (exact) mass is 1430 g/mol. The average Bonchev–Trinajstić information content (AvgIpc) is 0.812. The summed E-state index contributed by atoms with van der Waals surface area (Å²) in [6, 6.07) is -0.232. The van der Waals surface area contributed by atoms with Crippen LogP contribution in [0.5, 0.6) is 0 Å². The standard InChI is InChI=1S/C64H100N6O30/c1-34(2)70(27-53(83)65-19-16-18-48(81)28-89-62-35(3)56(92-41(9)74)59(95-44(12)77)49(98-62)29-86-38(6)71)24-23-69(25-47(80)17-15-20-66-54(84)32-90-63-36(4)57(93-42(10)75)60(96-45(13)78)50(99-63)30-87-39(7)72)26-52(82)67-21-22-68-55(85)33-91-64-37(5)58(94-43(11)76)61(97-46(14)79)51(100-64)31-88-40(8)73/h34-37,49-51,56-64H,15-33H2,1-14H3,(H,65,83)(H,66,84)(H,67,82)(H,68,85). The Morgan fingerprint density at radius 1 is 0.360 bits per heavy atom. The molecule has 3 saturated heterocycles. The molecule has 3 aliphatic rings. The third-order valence-electron chi connectivity index (χ3n) is 15.4. The molecule has 0 aromatic carbocycles. The normalized spacial score (nSPS) is 24.8. The Balaban J connectivity index is 1.64. The molecule has 3 heterocycles. The Kier molecular flexibility index (Phi) is 38.3. The zero-order valence-electron chi connectivity index (χ0n) is 59.3. The van der Waals surface area contributed by atoms with Crippen LogP contribution in [0.4, 0.5) is 0 Å². The summed E-state index contributed by atoms with van der Waals surface area (Å²) in [6.45, 7) is 15.5. The number of Topliss-reactive ketones (excluding diaryl/α,β-unsaturated/α-hetero) is 2. The number of ether oxygens (including phenoxy) is 15. The van der Waals surface area contributed by atoms with E-state index in [0.29, 0.717) is 0 Å². The number of rotatable bonds is 42. The Morgan fingerprint density at radius 2 is 0.670 bits per heavy atom. The molecule has 0 saturated carbocycles. The fourth-order valence-electron chi connectivity index (χ4n) is 10.7. The molecule has 36 heteroatoms. The minimum Gasteiger partial charge on any atom is -0.463 e. The predicted molar refractivity (Wildman–Crippen MR) is 338 cm³/mol. The van der Waals surface area contributed by atoms with Gasteiger partial charge in [0.1, 0.15) is 82.0 Å². The highest BCUT2D eigenvalue weighted by atomic mass is 16.7. The molecular weight excluding hydrogens is 1330 g/mol. The molecule has 15 unspecified atom stereocenters. The van der Waals surface area contributed by atoms with Crippen LogP contribution in [0.3, 0.4) is 0 Å². The highest BCUT2D eigenvalue weighted by molar-refractivity contribution is 5.83. The van der Waals surface area contributed by atoms with Crippen LogP contribution in [0.2, 0.25) is 0 Å². The highest BCUT2D eigenvalue weighted by Crippen LogP contribution is 2.35. The van der Waals surface area contributed by atoms with E-state index in [-0.39, 0.29) is 109 Å². The van der Waals surface area contributed by atoms with Crippen LogP contribution in [0.15, 0.2) is 0 Å². The molecule has 100 heavy (non-hydrogen) atoms. The molecule has 4 amide bonds.